The maximum Gasteiger partial charge on any atom is 0.199 e. The SMILES string of the molecule is C/C=C(/C1=NC(c2cc3ccccc3c3ccccc23)NC(c2cccc3oc4ccccc4c23)N1)c1c(N)oc2ccccc12. The van der Waals surface area contributed by atoms with Gasteiger partial charge in [-0.15, -0.1) is 0 Å². The van der Waals surface area contributed by atoms with Crippen molar-refractivity contribution in [2.45, 2.75) is 19.3 Å². The number of allylic oxidation sites excluding steroid dienone is 1. The van der Waals surface area contributed by atoms with Crippen LogP contribution in [0.4, 0.5) is 5.88 Å². The van der Waals surface area contributed by atoms with E-state index in [1.54, 1.807) is 0 Å². The molecule has 4 N–H and O–H groups in total. The normalized spacial score (nSPS) is 17.2. The highest BCUT2D eigenvalue weighted by Gasteiger charge is 2.31. The van der Waals surface area contributed by atoms with Crippen molar-refractivity contribution in [2.75, 3.05) is 5.73 Å². The highest BCUT2D eigenvalue weighted by molar-refractivity contribution is 6.27. The Kier molecular flexibility index (Phi) is 5.98. The third-order valence-corrected chi connectivity index (χ3v) is 9.14. The molecule has 9 rings (SSSR count). The predicted molar refractivity (Wildman–Crippen MR) is 189 cm³/mol. The average Bonchev–Trinajstić information content (AvgIpc) is 3.65. The highest BCUT2D eigenvalue weighted by atomic mass is 16.3. The molecule has 6 heteroatoms. The molecule has 0 aliphatic carbocycles. The summed E-state index contributed by atoms with van der Waals surface area (Å²) in [5.74, 6) is 1.10. The summed E-state index contributed by atoms with van der Waals surface area (Å²) in [4.78, 5) is 5.40. The predicted octanol–water partition coefficient (Wildman–Crippen LogP) is 9.61. The van der Waals surface area contributed by atoms with Crippen LogP contribution < -0.4 is 16.4 Å². The number of rotatable bonds is 4. The van der Waals surface area contributed by atoms with Crippen LogP contribution in [0.25, 0.3) is 60.0 Å². The van der Waals surface area contributed by atoms with E-state index < -0.39 is 0 Å². The third kappa shape index (κ3) is 4.04. The molecule has 2 aromatic heterocycles. The fourth-order valence-corrected chi connectivity index (χ4v) is 7.11. The summed E-state index contributed by atoms with van der Waals surface area (Å²) in [5.41, 5.74) is 12.9. The molecule has 0 spiro atoms. The highest BCUT2D eigenvalue weighted by Crippen LogP contribution is 2.40. The maximum atomic E-state index is 6.57. The molecule has 1 aliphatic rings. The molecule has 6 aromatic carbocycles. The van der Waals surface area contributed by atoms with Crippen molar-refractivity contribution in [3.8, 4) is 0 Å². The summed E-state index contributed by atoms with van der Waals surface area (Å²) >= 11 is 0. The zero-order valence-electron chi connectivity index (χ0n) is 25.1. The Bertz CT molecular complexity index is 2540. The first-order valence-electron chi connectivity index (χ1n) is 15.5. The monoisotopic (exact) mass is 598 g/mol. The van der Waals surface area contributed by atoms with Crippen LogP contribution in [0.5, 0.6) is 0 Å². The second-order valence-corrected chi connectivity index (χ2v) is 11.7. The van der Waals surface area contributed by atoms with Gasteiger partial charge in [0.2, 0.25) is 0 Å². The van der Waals surface area contributed by atoms with Crippen LogP contribution in [0.1, 0.15) is 35.9 Å². The van der Waals surface area contributed by atoms with Gasteiger partial charge in [0.15, 0.2) is 5.88 Å². The molecule has 0 amide bonds. The van der Waals surface area contributed by atoms with Crippen LogP contribution in [0.15, 0.2) is 141 Å². The Morgan fingerprint density at radius 3 is 2.13 bits per heavy atom. The van der Waals surface area contributed by atoms with E-state index in [-0.39, 0.29) is 12.3 Å². The Balaban J connectivity index is 1.28. The molecule has 0 saturated carbocycles. The zero-order chi connectivity index (χ0) is 30.8. The molecule has 222 valence electrons. The summed E-state index contributed by atoms with van der Waals surface area (Å²) in [5, 5.41) is 15.5. The summed E-state index contributed by atoms with van der Waals surface area (Å²) in [6.45, 7) is 2.02. The molecule has 0 saturated heterocycles. The Hall–Kier alpha value is -5.85. The quantitative estimate of drug-likeness (QED) is 0.176. The molecule has 0 bridgehead atoms. The summed E-state index contributed by atoms with van der Waals surface area (Å²) in [6.07, 6.45) is 1.38. The van der Waals surface area contributed by atoms with E-state index in [0.29, 0.717) is 5.88 Å². The third-order valence-electron chi connectivity index (χ3n) is 9.14. The minimum absolute atomic E-state index is 0.304. The fourth-order valence-electron chi connectivity index (χ4n) is 7.11. The lowest BCUT2D eigenvalue weighted by molar-refractivity contribution is 0.414. The van der Waals surface area contributed by atoms with Gasteiger partial charge in [0.05, 0.1) is 5.56 Å². The number of nitrogens with one attached hydrogen (secondary N) is 2. The van der Waals surface area contributed by atoms with Gasteiger partial charge in [-0.2, -0.15) is 0 Å². The smallest absolute Gasteiger partial charge is 0.199 e. The van der Waals surface area contributed by atoms with Crippen LogP contribution in [-0.2, 0) is 0 Å². The minimum Gasteiger partial charge on any atom is -0.456 e. The molecule has 6 nitrogen and oxygen atoms in total. The second kappa shape index (κ2) is 10.4. The minimum atomic E-state index is -0.376. The van der Waals surface area contributed by atoms with Crippen molar-refractivity contribution in [1.29, 1.82) is 0 Å². The number of hydrogen-bond acceptors (Lipinski definition) is 6. The van der Waals surface area contributed by atoms with Gasteiger partial charge in [0, 0.05) is 27.3 Å². The van der Waals surface area contributed by atoms with E-state index in [1.165, 1.54) is 16.2 Å². The number of hydrogen-bond donors (Lipinski definition) is 3. The lowest BCUT2D eigenvalue weighted by Crippen LogP contribution is -2.45. The van der Waals surface area contributed by atoms with E-state index in [2.05, 4.69) is 89.5 Å². The summed E-state index contributed by atoms with van der Waals surface area (Å²) in [7, 11) is 0. The maximum absolute atomic E-state index is 6.57. The van der Waals surface area contributed by atoms with Crippen LogP contribution in [0.3, 0.4) is 0 Å². The molecule has 0 radical (unpaired) electrons. The van der Waals surface area contributed by atoms with Gasteiger partial charge >= 0.3 is 0 Å². The van der Waals surface area contributed by atoms with Crippen molar-refractivity contribution >= 4 is 71.7 Å². The van der Waals surface area contributed by atoms with Gasteiger partial charge in [0.1, 0.15) is 34.9 Å². The molecule has 1 aliphatic heterocycles. The van der Waals surface area contributed by atoms with Crippen molar-refractivity contribution in [3.05, 3.63) is 144 Å². The number of nitrogen functional groups attached to an aromatic ring is 1. The van der Waals surface area contributed by atoms with E-state index >= 15 is 0 Å². The number of fused-ring (bicyclic) bond motifs is 7. The Morgan fingerprint density at radius 1 is 0.674 bits per heavy atom. The number of nitrogens with zero attached hydrogens (tertiary/aromatic N) is 1. The molecule has 46 heavy (non-hydrogen) atoms. The topological polar surface area (TPSA) is 88.7 Å². The number of aliphatic imine (C=N–C) groups is 1. The molecule has 3 heterocycles. The molecule has 2 atom stereocenters. The fraction of sp³-hybridized carbons (Fsp3) is 0.0750. The molecule has 2 unspecified atom stereocenters. The van der Waals surface area contributed by atoms with Gasteiger partial charge in [0.25, 0.3) is 0 Å². The molecular weight excluding hydrogens is 568 g/mol. The van der Waals surface area contributed by atoms with Crippen LogP contribution in [0, 0.1) is 0 Å². The van der Waals surface area contributed by atoms with E-state index in [4.69, 9.17) is 19.6 Å². The van der Waals surface area contributed by atoms with Crippen LogP contribution >= 0.6 is 0 Å². The number of benzene rings is 6. The molecule has 0 fully saturated rings. The lowest BCUT2D eigenvalue weighted by Gasteiger charge is -2.33. The standard InChI is InChI=1S/C40H30N4O2/c1-2-24(36-29-17-8-10-20-33(29)46-37(36)41)38-42-39(30-18-11-21-34-35(30)28-16-7-9-19-32(28)45-34)44-40(43-38)31-22-23-12-3-4-13-25(23)26-14-5-6-15-27(26)31/h2-22,39-40,44H,41H2,1H3,(H,42,43)/b24-2+. The van der Waals surface area contributed by atoms with Gasteiger partial charge < -0.3 is 19.9 Å². The molecule has 8 aromatic rings. The first-order valence-corrected chi connectivity index (χ1v) is 15.5. The molecular formula is C40H30N4O2. The summed E-state index contributed by atoms with van der Waals surface area (Å²) in [6, 6.07) is 41.7. The zero-order valence-corrected chi connectivity index (χ0v) is 25.1. The van der Waals surface area contributed by atoms with Crippen LogP contribution in [0.2, 0.25) is 0 Å². The Morgan fingerprint density at radius 2 is 1.33 bits per heavy atom. The van der Waals surface area contributed by atoms with E-state index in [1.807, 2.05) is 55.5 Å². The van der Waals surface area contributed by atoms with Crippen LogP contribution in [-0.4, -0.2) is 5.84 Å². The average molecular weight is 599 g/mol. The van der Waals surface area contributed by atoms with Crippen molar-refractivity contribution in [1.82, 2.24) is 10.6 Å². The number of para-hydroxylation sites is 2. The van der Waals surface area contributed by atoms with Gasteiger partial charge in [-0.05, 0) is 58.3 Å². The Labute approximate surface area is 264 Å². The van der Waals surface area contributed by atoms with Crippen molar-refractivity contribution in [2.24, 2.45) is 4.99 Å². The van der Waals surface area contributed by atoms with Gasteiger partial charge in [-0.1, -0.05) is 103 Å². The van der Waals surface area contributed by atoms with E-state index in [9.17, 15) is 0 Å². The van der Waals surface area contributed by atoms with E-state index in [0.717, 1.165) is 66.4 Å². The van der Waals surface area contributed by atoms with Gasteiger partial charge in [-0.25, -0.2) is 4.99 Å². The lowest BCUT2D eigenvalue weighted by atomic mass is 9.94. The first-order chi connectivity index (χ1) is 22.7. The number of anilines is 1. The number of amidine groups is 1. The van der Waals surface area contributed by atoms with Gasteiger partial charge in [-0.3, -0.25) is 5.32 Å². The largest absolute Gasteiger partial charge is 0.456 e. The van der Waals surface area contributed by atoms with Crippen molar-refractivity contribution < 1.29 is 8.83 Å². The van der Waals surface area contributed by atoms with Crippen molar-refractivity contribution in [3.63, 3.8) is 0 Å². The first kappa shape index (κ1) is 26.5. The number of nitrogens with two attached hydrogens (primary N) is 1. The number of furan rings is 2. The summed E-state index contributed by atoms with van der Waals surface area (Å²) < 4.78 is 12.3. The second-order valence-electron chi connectivity index (χ2n) is 11.7.